The Balaban J connectivity index is 1.78. The summed E-state index contributed by atoms with van der Waals surface area (Å²) >= 11 is 0. The molecule has 1 N–H and O–H groups in total. The fourth-order valence-corrected chi connectivity index (χ4v) is 3.71. The third-order valence-electron chi connectivity index (χ3n) is 5.38. The van der Waals surface area contributed by atoms with Crippen LogP contribution in [0, 0.1) is 10.1 Å². The molecular formula is C26H25N5O4. The zero-order chi connectivity index (χ0) is 24.6. The number of ether oxygens (including phenoxy) is 2. The molecule has 0 aliphatic carbocycles. The predicted molar refractivity (Wildman–Crippen MR) is 134 cm³/mol. The van der Waals surface area contributed by atoms with Gasteiger partial charge in [-0.15, -0.1) is 0 Å². The topological polar surface area (TPSA) is 103 Å². The van der Waals surface area contributed by atoms with Crippen molar-refractivity contribution in [1.82, 2.24) is 9.97 Å². The molecule has 0 atom stereocenters. The van der Waals surface area contributed by atoms with Crippen LogP contribution < -0.4 is 19.7 Å². The van der Waals surface area contributed by atoms with Crippen molar-refractivity contribution >= 4 is 23.0 Å². The molecule has 0 saturated heterocycles. The largest absolute Gasteiger partial charge is 0.497 e. The highest BCUT2D eigenvalue weighted by atomic mass is 16.6. The minimum Gasteiger partial charge on any atom is -0.497 e. The van der Waals surface area contributed by atoms with E-state index in [0.717, 1.165) is 11.1 Å². The molecule has 9 heteroatoms. The lowest BCUT2D eigenvalue weighted by Crippen LogP contribution is -2.24. The lowest BCUT2D eigenvalue weighted by atomic mass is 10.1. The van der Waals surface area contributed by atoms with Crippen LogP contribution in [0.15, 0.2) is 85.2 Å². The van der Waals surface area contributed by atoms with Crippen molar-refractivity contribution in [1.29, 1.82) is 0 Å². The van der Waals surface area contributed by atoms with E-state index in [-0.39, 0.29) is 17.3 Å². The maximum atomic E-state index is 12.3. The smallest absolute Gasteiger partial charge is 0.353 e. The standard InChI is InChI=1S/C26H25N5O4/c1-34-21-13-14-23(35-2)22(15-21)29-25-24(31(32)33)26(28-18-27-25)30(16-19-9-5-3-6-10-19)17-20-11-7-4-8-12-20/h3-15,18H,16-17H2,1-2H3,(H,27,28,29). The van der Waals surface area contributed by atoms with E-state index < -0.39 is 4.92 Å². The average molecular weight is 472 g/mol. The summed E-state index contributed by atoms with van der Waals surface area (Å²) in [5.74, 6) is 1.32. The Morgan fingerprint density at radius 1 is 0.886 bits per heavy atom. The molecule has 0 fully saturated rings. The van der Waals surface area contributed by atoms with Crippen LogP contribution in [0.5, 0.6) is 11.5 Å². The van der Waals surface area contributed by atoms with Crippen molar-refractivity contribution in [3.63, 3.8) is 0 Å². The van der Waals surface area contributed by atoms with Gasteiger partial charge in [0.25, 0.3) is 0 Å². The van der Waals surface area contributed by atoms with Crippen LogP contribution in [-0.4, -0.2) is 29.1 Å². The number of rotatable bonds is 10. The molecule has 1 aromatic heterocycles. The van der Waals surface area contributed by atoms with Crippen LogP contribution in [0.4, 0.5) is 23.0 Å². The van der Waals surface area contributed by atoms with Gasteiger partial charge >= 0.3 is 5.69 Å². The SMILES string of the molecule is COc1ccc(OC)c(Nc2ncnc(N(Cc3ccccc3)Cc3ccccc3)c2[N+](=O)[O-])c1. The van der Waals surface area contributed by atoms with Gasteiger partial charge in [-0.05, 0) is 23.3 Å². The predicted octanol–water partition coefficient (Wildman–Crippen LogP) is 5.35. The highest BCUT2D eigenvalue weighted by molar-refractivity contribution is 5.77. The number of hydrogen-bond acceptors (Lipinski definition) is 8. The number of benzene rings is 3. The third kappa shape index (κ3) is 5.64. The summed E-state index contributed by atoms with van der Waals surface area (Å²) in [6.45, 7) is 0.852. The molecule has 0 unspecified atom stereocenters. The first-order valence-corrected chi connectivity index (χ1v) is 10.9. The maximum Gasteiger partial charge on any atom is 0.353 e. The van der Waals surface area contributed by atoms with E-state index in [1.807, 2.05) is 65.6 Å². The van der Waals surface area contributed by atoms with E-state index in [9.17, 15) is 10.1 Å². The Morgan fingerprint density at radius 3 is 2.06 bits per heavy atom. The number of hydrogen-bond donors (Lipinski definition) is 1. The second-order valence-electron chi connectivity index (χ2n) is 7.67. The van der Waals surface area contributed by atoms with Gasteiger partial charge in [-0.3, -0.25) is 10.1 Å². The van der Waals surface area contributed by atoms with Gasteiger partial charge in [-0.25, -0.2) is 9.97 Å². The van der Waals surface area contributed by atoms with Crippen molar-refractivity contribution in [2.24, 2.45) is 0 Å². The Morgan fingerprint density at radius 2 is 1.51 bits per heavy atom. The first-order valence-electron chi connectivity index (χ1n) is 10.9. The summed E-state index contributed by atoms with van der Waals surface area (Å²) in [5, 5.41) is 15.4. The van der Waals surface area contributed by atoms with E-state index in [1.165, 1.54) is 13.4 Å². The highest BCUT2D eigenvalue weighted by Crippen LogP contribution is 2.38. The molecule has 0 bridgehead atoms. The Kier molecular flexibility index (Phi) is 7.37. The molecule has 0 aliphatic heterocycles. The fraction of sp³-hybridized carbons (Fsp3) is 0.154. The van der Waals surface area contributed by atoms with Crippen LogP contribution >= 0.6 is 0 Å². The fourth-order valence-electron chi connectivity index (χ4n) is 3.71. The van der Waals surface area contributed by atoms with Gasteiger partial charge in [-0.2, -0.15) is 0 Å². The van der Waals surface area contributed by atoms with Crippen LogP contribution in [0.25, 0.3) is 0 Å². The zero-order valence-electron chi connectivity index (χ0n) is 19.4. The van der Waals surface area contributed by atoms with Gasteiger partial charge in [0.05, 0.1) is 24.8 Å². The molecule has 0 amide bonds. The Bertz CT molecular complexity index is 1240. The number of nitrogens with zero attached hydrogens (tertiary/aromatic N) is 4. The van der Waals surface area contributed by atoms with E-state index in [1.54, 1.807) is 25.3 Å². The molecule has 4 rings (SSSR count). The summed E-state index contributed by atoms with van der Waals surface area (Å²) in [4.78, 5) is 22.3. The van der Waals surface area contributed by atoms with Crippen LogP contribution in [0.3, 0.4) is 0 Å². The first kappa shape index (κ1) is 23.5. The van der Waals surface area contributed by atoms with Gasteiger partial charge in [0.15, 0.2) is 0 Å². The molecule has 9 nitrogen and oxygen atoms in total. The van der Waals surface area contributed by atoms with E-state index in [0.29, 0.717) is 30.3 Å². The third-order valence-corrected chi connectivity index (χ3v) is 5.38. The van der Waals surface area contributed by atoms with Gasteiger partial charge in [0, 0.05) is 19.2 Å². The van der Waals surface area contributed by atoms with E-state index >= 15 is 0 Å². The summed E-state index contributed by atoms with van der Waals surface area (Å²) in [7, 11) is 3.07. The van der Waals surface area contributed by atoms with Gasteiger partial charge in [0.1, 0.15) is 17.8 Å². The minimum absolute atomic E-state index is 0.0534. The van der Waals surface area contributed by atoms with Crippen molar-refractivity contribution in [2.45, 2.75) is 13.1 Å². The lowest BCUT2D eigenvalue weighted by Gasteiger charge is -2.24. The molecule has 4 aromatic rings. The van der Waals surface area contributed by atoms with Crippen molar-refractivity contribution in [2.75, 3.05) is 24.4 Å². The zero-order valence-corrected chi connectivity index (χ0v) is 19.4. The summed E-state index contributed by atoms with van der Waals surface area (Å²) in [6, 6.07) is 24.7. The van der Waals surface area contributed by atoms with Crippen LogP contribution in [-0.2, 0) is 13.1 Å². The van der Waals surface area contributed by atoms with Crippen molar-refractivity contribution in [3.8, 4) is 11.5 Å². The quantitative estimate of drug-likeness (QED) is 0.244. The summed E-state index contributed by atoms with van der Waals surface area (Å²) < 4.78 is 10.7. The van der Waals surface area contributed by atoms with E-state index in [4.69, 9.17) is 9.47 Å². The van der Waals surface area contributed by atoms with Gasteiger partial charge < -0.3 is 19.7 Å². The summed E-state index contributed by atoms with van der Waals surface area (Å²) in [5.41, 5.74) is 2.25. The molecular weight excluding hydrogens is 446 g/mol. The molecule has 0 aliphatic rings. The number of aromatic nitrogens is 2. The molecule has 0 saturated carbocycles. The van der Waals surface area contributed by atoms with Gasteiger partial charge in [0.2, 0.25) is 11.6 Å². The maximum absolute atomic E-state index is 12.3. The molecule has 0 radical (unpaired) electrons. The Labute approximate surface area is 203 Å². The van der Waals surface area contributed by atoms with Gasteiger partial charge in [-0.1, -0.05) is 60.7 Å². The second-order valence-corrected chi connectivity index (χ2v) is 7.67. The lowest BCUT2D eigenvalue weighted by molar-refractivity contribution is -0.383. The van der Waals surface area contributed by atoms with Crippen LogP contribution in [0.1, 0.15) is 11.1 Å². The number of methoxy groups -OCH3 is 2. The van der Waals surface area contributed by atoms with Crippen molar-refractivity contribution in [3.05, 3.63) is 106 Å². The Hall–Kier alpha value is -4.66. The molecule has 3 aromatic carbocycles. The second kappa shape index (κ2) is 11.0. The van der Waals surface area contributed by atoms with Crippen LogP contribution in [0.2, 0.25) is 0 Å². The summed E-state index contributed by atoms with van der Waals surface area (Å²) in [6.07, 6.45) is 1.32. The number of nitro groups is 1. The number of nitrogens with one attached hydrogen (secondary N) is 1. The molecule has 0 spiro atoms. The highest BCUT2D eigenvalue weighted by Gasteiger charge is 2.28. The normalized spacial score (nSPS) is 10.5. The minimum atomic E-state index is -0.465. The number of anilines is 3. The average Bonchev–Trinajstić information content (AvgIpc) is 2.89. The molecule has 1 heterocycles. The molecule has 35 heavy (non-hydrogen) atoms. The first-order chi connectivity index (χ1) is 17.1. The molecule has 178 valence electrons. The van der Waals surface area contributed by atoms with Crippen molar-refractivity contribution < 1.29 is 14.4 Å². The van der Waals surface area contributed by atoms with E-state index in [2.05, 4.69) is 15.3 Å². The monoisotopic (exact) mass is 471 g/mol.